The van der Waals surface area contributed by atoms with E-state index in [0.717, 1.165) is 5.56 Å². The van der Waals surface area contributed by atoms with Crippen LogP contribution in [0.3, 0.4) is 0 Å². The van der Waals surface area contributed by atoms with E-state index < -0.39 is 5.97 Å². The summed E-state index contributed by atoms with van der Waals surface area (Å²) in [5.74, 6) is -1.00. The van der Waals surface area contributed by atoms with E-state index in [-0.39, 0.29) is 5.69 Å². The van der Waals surface area contributed by atoms with Gasteiger partial charge in [0.25, 0.3) is 0 Å². The molecule has 16 heavy (non-hydrogen) atoms. The highest BCUT2D eigenvalue weighted by atomic mass is 32.1. The van der Waals surface area contributed by atoms with Crippen molar-refractivity contribution in [1.29, 1.82) is 0 Å². The Bertz CT molecular complexity index is 520. The van der Waals surface area contributed by atoms with Gasteiger partial charge in [0.1, 0.15) is 5.01 Å². The molecule has 2 rings (SSSR count). The molecule has 0 fully saturated rings. The third kappa shape index (κ3) is 2.52. The molecule has 1 N–H and O–H groups in total. The van der Waals surface area contributed by atoms with Crippen molar-refractivity contribution in [3.63, 3.8) is 0 Å². The summed E-state index contributed by atoms with van der Waals surface area (Å²) in [6.45, 7) is 0. The summed E-state index contributed by atoms with van der Waals surface area (Å²) < 4.78 is 0. The first-order valence-corrected chi connectivity index (χ1v) is 5.40. The van der Waals surface area contributed by atoms with Crippen LogP contribution in [-0.2, 0) is 0 Å². The number of carbonyl (C=O) groups is 1. The van der Waals surface area contributed by atoms with Gasteiger partial charge in [0.2, 0.25) is 0 Å². The van der Waals surface area contributed by atoms with Gasteiger partial charge in [-0.05, 0) is 17.7 Å². The number of hydrogen-bond donors (Lipinski definition) is 1. The lowest BCUT2D eigenvalue weighted by molar-refractivity contribution is 0.0691. The maximum absolute atomic E-state index is 10.6. The van der Waals surface area contributed by atoms with Gasteiger partial charge in [-0.15, -0.1) is 11.3 Å². The van der Waals surface area contributed by atoms with E-state index >= 15 is 0 Å². The highest BCUT2D eigenvalue weighted by molar-refractivity contribution is 7.10. The Kier molecular flexibility index (Phi) is 3.07. The monoisotopic (exact) mass is 232 g/mol. The van der Waals surface area contributed by atoms with Crippen molar-refractivity contribution < 1.29 is 9.90 Å². The summed E-state index contributed by atoms with van der Waals surface area (Å²) in [5, 5.41) is 10.9. The largest absolute Gasteiger partial charge is 0.476 e. The Balaban J connectivity index is 2.15. The highest BCUT2D eigenvalue weighted by Gasteiger charge is 2.06. The lowest BCUT2D eigenvalue weighted by atomic mass is 10.3. The summed E-state index contributed by atoms with van der Waals surface area (Å²) in [6, 6.07) is 3.75. The molecule has 0 radical (unpaired) electrons. The number of pyridine rings is 1. The van der Waals surface area contributed by atoms with Crippen LogP contribution in [0.5, 0.6) is 0 Å². The summed E-state index contributed by atoms with van der Waals surface area (Å²) in [4.78, 5) is 18.5. The zero-order chi connectivity index (χ0) is 11.4. The molecule has 0 aromatic carbocycles. The van der Waals surface area contributed by atoms with Gasteiger partial charge in [0, 0.05) is 17.8 Å². The van der Waals surface area contributed by atoms with Crippen LogP contribution in [0.4, 0.5) is 0 Å². The van der Waals surface area contributed by atoms with Crippen molar-refractivity contribution in [2.75, 3.05) is 0 Å². The molecule has 0 saturated carbocycles. The number of hydrogen-bond acceptors (Lipinski definition) is 4. The minimum absolute atomic E-state index is 0.0795. The fraction of sp³-hybridized carbons (Fsp3) is 0. The van der Waals surface area contributed by atoms with E-state index in [1.807, 2.05) is 18.2 Å². The van der Waals surface area contributed by atoms with Crippen LogP contribution >= 0.6 is 11.3 Å². The molecule has 0 bridgehead atoms. The van der Waals surface area contributed by atoms with Crippen molar-refractivity contribution in [2.24, 2.45) is 0 Å². The predicted molar refractivity (Wildman–Crippen MR) is 62.2 cm³/mol. The zero-order valence-corrected chi connectivity index (χ0v) is 9.02. The fourth-order valence-electron chi connectivity index (χ4n) is 1.10. The molecule has 0 saturated heterocycles. The Labute approximate surface area is 95.9 Å². The summed E-state index contributed by atoms with van der Waals surface area (Å²) >= 11 is 1.30. The number of thiazole rings is 1. The average molecular weight is 232 g/mol. The van der Waals surface area contributed by atoms with Crippen LogP contribution in [0.15, 0.2) is 29.9 Å². The molecule has 5 heteroatoms. The van der Waals surface area contributed by atoms with Crippen LogP contribution in [0.1, 0.15) is 21.1 Å². The Morgan fingerprint density at radius 1 is 1.44 bits per heavy atom. The Morgan fingerprint density at radius 3 is 2.94 bits per heavy atom. The summed E-state index contributed by atoms with van der Waals surface area (Å²) in [5.41, 5.74) is 1.03. The first-order chi connectivity index (χ1) is 7.75. The van der Waals surface area contributed by atoms with E-state index in [1.54, 1.807) is 18.5 Å². The first kappa shape index (κ1) is 10.5. The SMILES string of the molecule is O=C(O)c1csc(/C=C\c2cccnc2)n1. The molecule has 0 aliphatic rings. The molecular formula is C11H8N2O2S. The smallest absolute Gasteiger partial charge is 0.355 e. The van der Waals surface area contributed by atoms with Gasteiger partial charge in [-0.3, -0.25) is 4.98 Å². The molecule has 2 heterocycles. The van der Waals surface area contributed by atoms with Crippen LogP contribution in [0, 0.1) is 0 Å². The molecule has 0 atom stereocenters. The van der Waals surface area contributed by atoms with Crippen molar-refractivity contribution in [3.05, 3.63) is 46.2 Å². The van der Waals surface area contributed by atoms with Crippen molar-refractivity contribution in [3.8, 4) is 0 Å². The quantitative estimate of drug-likeness (QED) is 0.882. The van der Waals surface area contributed by atoms with Crippen LogP contribution in [0.25, 0.3) is 12.2 Å². The summed E-state index contributed by atoms with van der Waals surface area (Å²) in [7, 11) is 0. The zero-order valence-electron chi connectivity index (χ0n) is 8.20. The van der Waals surface area contributed by atoms with Gasteiger partial charge in [-0.25, -0.2) is 9.78 Å². The second-order valence-electron chi connectivity index (χ2n) is 3.00. The second kappa shape index (κ2) is 4.67. The molecule has 0 aliphatic heterocycles. The topological polar surface area (TPSA) is 63.1 Å². The first-order valence-electron chi connectivity index (χ1n) is 4.52. The van der Waals surface area contributed by atoms with Gasteiger partial charge >= 0.3 is 5.97 Å². The minimum Gasteiger partial charge on any atom is -0.476 e. The normalized spacial score (nSPS) is 10.8. The van der Waals surface area contributed by atoms with E-state index in [4.69, 9.17) is 5.11 Å². The lowest BCUT2D eigenvalue weighted by Crippen LogP contribution is -1.95. The number of rotatable bonds is 3. The molecule has 80 valence electrons. The third-order valence-electron chi connectivity index (χ3n) is 1.84. The van der Waals surface area contributed by atoms with Crippen LogP contribution < -0.4 is 0 Å². The molecule has 0 aliphatic carbocycles. The number of carboxylic acids is 1. The van der Waals surface area contributed by atoms with Crippen molar-refractivity contribution >= 4 is 29.5 Å². The van der Waals surface area contributed by atoms with Gasteiger partial charge in [0.05, 0.1) is 0 Å². The van der Waals surface area contributed by atoms with E-state index in [0.29, 0.717) is 5.01 Å². The van der Waals surface area contributed by atoms with Crippen molar-refractivity contribution in [2.45, 2.75) is 0 Å². The maximum Gasteiger partial charge on any atom is 0.355 e. The molecule has 0 amide bonds. The van der Waals surface area contributed by atoms with Crippen LogP contribution in [-0.4, -0.2) is 21.0 Å². The molecule has 2 aromatic heterocycles. The summed E-state index contributed by atoms with van der Waals surface area (Å²) in [6.07, 6.45) is 7.04. The van der Waals surface area contributed by atoms with E-state index in [9.17, 15) is 4.79 Å². The highest BCUT2D eigenvalue weighted by Crippen LogP contribution is 2.13. The lowest BCUT2D eigenvalue weighted by Gasteiger charge is -1.88. The van der Waals surface area contributed by atoms with Gasteiger partial charge in [-0.2, -0.15) is 0 Å². The minimum atomic E-state index is -1.00. The molecular weight excluding hydrogens is 224 g/mol. The number of carboxylic acid groups (broad SMARTS) is 1. The van der Waals surface area contributed by atoms with Gasteiger partial charge in [-0.1, -0.05) is 12.1 Å². The Hall–Kier alpha value is -2.01. The van der Waals surface area contributed by atoms with E-state index in [2.05, 4.69) is 9.97 Å². The van der Waals surface area contributed by atoms with Crippen LogP contribution in [0.2, 0.25) is 0 Å². The number of nitrogens with zero attached hydrogens (tertiary/aromatic N) is 2. The van der Waals surface area contributed by atoms with Gasteiger partial charge in [0.15, 0.2) is 5.69 Å². The number of aromatic nitrogens is 2. The molecule has 2 aromatic rings. The van der Waals surface area contributed by atoms with Crippen molar-refractivity contribution in [1.82, 2.24) is 9.97 Å². The molecule has 4 nitrogen and oxygen atoms in total. The number of aromatic carboxylic acids is 1. The van der Waals surface area contributed by atoms with E-state index in [1.165, 1.54) is 16.7 Å². The second-order valence-corrected chi connectivity index (χ2v) is 3.89. The Morgan fingerprint density at radius 2 is 2.31 bits per heavy atom. The predicted octanol–water partition coefficient (Wildman–Crippen LogP) is 2.41. The standard InChI is InChI=1S/C11H8N2O2S/c14-11(15)9-7-16-10(13-9)4-3-8-2-1-5-12-6-8/h1-7H,(H,14,15)/b4-3-. The molecule has 0 unspecified atom stereocenters. The maximum atomic E-state index is 10.6. The third-order valence-corrected chi connectivity index (χ3v) is 2.65. The van der Waals surface area contributed by atoms with Gasteiger partial charge < -0.3 is 5.11 Å². The molecule has 0 spiro atoms. The fourth-order valence-corrected chi connectivity index (χ4v) is 1.79. The average Bonchev–Trinajstić information content (AvgIpc) is 2.76.